The molecule has 1 saturated heterocycles. The van der Waals surface area contributed by atoms with Gasteiger partial charge in [-0.2, -0.15) is 0 Å². The average Bonchev–Trinajstić information content (AvgIpc) is 3.20. The van der Waals surface area contributed by atoms with Crippen LogP contribution in [0.5, 0.6) is 0 Å². The van der Waals surface area contributed by atoms with Crippen molar-refractivity contribution < 1.29 is 13.1 Å². The molecule has 0 spiro atoms. The summed E-state index contributed by atoms with van der Waals surface area (Å²) in [5.74, 6) is 0. The SMILES string of the molecule is C1CCOC1.COSc1ccc(C)cc1.COSc1ccc(C)cc1. The van der Waals surface area contributed by atoms with E-state index in [1.54, 1.807) is 14.2 Å². The first kappa shape index (κ1) is 22.1. The van der Waals surface area contributed by atoms with Gasteiger partial charge in [-0.1, -0.05) is 35.4 Å². The van der Waals surface area contributed by atoms with Crippen LogP contribution in [0.3, 0.4) is 0 Å². The molecule has 3 nitrogen and oxygen atoms in total. The number of aryl methyl sites for hydroxylation is 2. The van der Waals surface area contributed by atoms with Gasteiger partial charge in [-0.15, -0.1) is 0 Å². The van der Waals surface area contributed by atoms with E-state index in [0.717, 1.165) is 23.0 Å². The monoisotopic (exact) mass is 380 g/mol. The predicted molar refractivity (Wildman–Crippen MR) is 108 cm³/mol. The molecule has 0 aromatic heterocycles. The molecule has 3 rings (SSSR count). The predicted octanol–water partition coefficient (Wildman–Crippen LogP) is 6.09. The molecule has 0 radical (unpaired) electrons. The molecule has 1 aliphatic rings. The largest absolute Gasteiger partial charge is 0.381 e. The van der Waals surface area contributed by atoms with Crippen LogP contribution in [0.4, 0.5) is 0 Å². The van der Waals surface area contributed by atoms with E-state index < -0.39 is 0 Å². The normalized spacial score (nSPS) is 12.6. The van der Waals surface area contributed by atoms with Gasteiger partial charge in [-0.25, -0.2) is 0 Å². The van der Waals surface area contributed by atoms with Gasteiger partial charge in [0.05, 0.1) is 14.2 Å². The summed E-state index contributed by atoms with van der Waals surface area (Å²) in [4.78, 5) is 2.29. The quantitative estimate of drug-likeness (QED) is 0.598. The zero-order chi connectivity index (χ0) is 18.3. The van der Waals surface area contributed by atoms with Crippen molar-refractivity contribution in [1.29, 1.82) is 0 Å². The molecule has 0 N–H and O–H groups in total. The Bertz CT molecular complexity index is 497. The van der Waals surface area contributed by atoms with Gasteiger partial charge in [0.25, 0.3) is 0 Å². The van der Waals surface area contributed by atoms with Gasteiger partial charge < -0.3 is 13.1 Å². The molecule has 2 aromatic carbocycles. The lowest BCUT2D eigenvalue weighted by Gasteiger charge is -1.96. The first-order valence-corrected chi connectivity index (χ1v) is 9.76. The highest BCUT2D eigenvalue weighted by Crippen LogP contribution is 2.18. The minimum Gasteiger partial charge on any atom is -0.381 e. The number of hydrogen-bond donors (Lipinski definition) is 0. The first-order valence-electron chi connectivity index (χ1n) is 8.28. The van der Waals surface area contributed by atoms with Gasteiger partial charge in [0.1, 0.15) is 0 Å². The van der Waals surface area contributed by atoms with E-state index in [4.69, 9.17) is 13.1 Å². The molecule has 1 heterocycles. The lowest BCUT2D eigenvalue weighted by atomic mass is 10.2. The Morgan fingerprint density at radius 1 is 0.680 bits per heavy atom. The zero-order valence-corrected chi connectivity index (χ0v) is 17.1. The highest BCUT2D eigenvalue weighted by Gasteiger charge is 1.94. The summed E-state index contributed by atoms with van der Waals surface area (Å²) in [7, 11) is 3.34. The molecule has 0 aliphatic carbocycles. The fourth-order valence-corrected chi connectivity index (χ4v) is 2.77. The van der Waals surface area contributed by atoms with E-state index in [2.05, 4.69) is 38.1 Å². The van der Waals surface area contributed by atoms with Crippen molar-refractivity contribution in [3.63, 3.8) is 0 Å². The first-order chi connectivity index (χ1) is 12.2. The Kier molecular flexibility index (Phi) is 12.5. The highest BCUT2D eigenvalue weighted by molar-refractivity contribution is 7.94. The van der Waals surface area contributed by atoms with Crippen molar-refractivity contribution >= 4 is 24.1 Å². The summed E-state index contributed by atoms with van der Waals surface area (Å²) in [5.41, 5.74) is 2.56. The van der Waals surface area contributed by atoms with Gasteiger partial charge in [0.15, 0.2) is 0 Å². The Morgan fingerprint density at radius 3 is 1.28 bits per heavy atom. The third-order valence-corrected chi connectivity index (χ3v) is 4.49. The number of rotatable bonds is 4. The molecule has 0 bridgehead atoms. The molecule has 0 unspecified atom stereocenters. The van der Waals surface area contributed by atoms with E-state index in [1.165, 1.54) is 48.1 Å². The summed E-state index contributed by atoms with van der Waals surface area (Å²) >= 11 is 2.77. The number of ether oxygens (including phenoxy) is 1. The summed E-state index contributed by atoms with van der Waals surface area (Å²) in [6, 6.07) is 16.5. The molecular weight excluding hydrogens is 352 g/mol. The van der Waals surface area contributed by atoms with Crippen LogP contribution in [0, 0.1) is 13.8 Å². The molecule has 1 aliphatic heterocycles. The van der Waals surface area contributed by atoms with E-state index in [-0.39, 0.29) is 0 Å². The highest BCUT2D eigenvalue weighted by atomic mass is 32.2. The second-order valence-electron chi connectivity index (χ2n) is 5.45. The molecule has 5 heteroatoms. The second kappa shape index (κ2) is 14.2. The van der Waals surface area contributed by atoms with Gasteiger partial charge in [-0.3, -0.25) is 0 Å². The molecule has 0 atom stereocenters. The number of hydrogen-bond acceptors (Lipinski definition) is 5. The lowest BCUT2D eigenvalue weighted by Crippen LogP contribution is -1.74. The van der Waals surface area contributed by atoms with Crippen LogP contribution in [0.15, 0.2) is 58.3 Å². The molecule has 138 valence electrons. The average molecular weight is 381 g/mol. The molecular formula is C20H28O3S2. The third kappa shape index (κ3) is 11.3. The van der Waals surface area contributed by atoms with Crippen molar-refractivity contribution in [2.24, 2.45) is 0 Å². The fraction of sp³-hybridized carbons (Fsp3) is 0.400. The van der Waals surface area contributed by atoms with Crippen molar-refractivity contribution in [1.82, 2.24) is 0 Å². The van der Waals surface area contributed by atoms with Crippen LogP contribution < -0.4 is 0 Å². The zero-order valence-electron chi connectivity index (χ0n) is 15.5. The topological polar surface area (TPSA) is 27.7 Å². The molecule has 2 aromatic rings. The van der Waals surface area contributed by atoms with Gasteiger partial charge in [-0.05, 0) is 51.0 Å². The maximum Gasteiger partial charge on any atom is 0.0508 e. The minimum absolute atomic E-state index is 1.00. The lowest BCUT2D eigenvalue weighted by molar-refractivity contribution is 0.198. The van der Waals surface area contributed by atoms with Crippen molar-refractivity contribution in [2.45, 2.75) is 36.5 Å². The van der Waals surface area contributed by atoms with Crippen LogP contribution in [-0.2, 0) is 13.1 Å². The van der Waals surface area contributed by atoms with Crippen LogP contribution in [0.1, 0.15) is 24.0 Å². The Labute approximate surface area is 160 Å². The molecule has 1 fully saturated rings. The Balaban J connectivity index is 0.000000198. The fourth-order valence-electron chi connectivity index (χ4n) is 1.89. The molecule has 25 heavy (non-hydrogen) atoms. The van der Waals surface area contributed by atoms with E-state index >= 15 is 0 Å². The van der Waals surface area contributed by atoms with Crippen LogP contribution >= 0.6 is 24.1 Å². The summed E-state index contributed by atoms with van der Waals surface area (Å²) in [6.07, 6.45) is 2.56. The second-order valence-corrected chi connectivity index (χ2v) is 7.39. The van der Waals surface area contributed by atoms with Gasteiger partial charge >= 0.3 is 0 Å². The van der Waals surface area contributed by atoms with Crippen molar-refractivity contribution in [3.05, 3.63) is 59.7 Å². The minimum atomic E-state index is 1.00. The summed E-state index contributed by atoms with van der Waals surface area (Å²) in [6.45, 7) is 6.14. The third-order valence-electron chi connectivity index (χ3n) is 3.23. The van der Waals surface area contributed by atoms with E-state index in [1.807, 2.05) is 24.3 Å². The molecule has 0 amide bonds. The molecule has 0 saturated carbocycles. The van der Waals surface area contributed by atoms with Crippen LogP contribution in [0.2, 0.25) is 0 Å². The van der Waals surface area contributed by atoms with Gasteiger partial charge in [0, 0.05) is 47.1 Å². The summed E-state index contributed by atoms with van der Waals surface area (Å²) in [5, 5.41) is 0. The van der Waals surface area contributed by atoms with E-state index in [0.29, 0.717) is 0 Å². The maximum absolute atomic E-state index is 4.94. The van der Waals surface area contributed by atoms with Crippen LogP contribution in [0.25, 0.3) is 0 Å². The van der Waals surface area contributed by atoms with Crippen molar-refractivity contribution in [2.75, 3.05) is 27.4 Å². The van der Waals surface area contributed by atoms with E-state index in [9.17, 15) is 0 Å². The van der Waals surface area contributed by atoms with Crippen molar-refractivity contribution in [3.8, 4) is 0 Å². The smallest absolute Gasteiger partial charge is 0.0508 e. The van der Waals surface area contributed by atoms with Gasteiger partial charge in [0.2, 0.25) is 0 Å². The number of benzene rings is 2. The summed E-state index contributed by atoms with van der Waals surface area (Å²) < 4.78 is 14.7. The Morgan fingerprint density at radius 2 is 1.04 bits per heavy atom. The standard InChI is InChI=1S/2C8H10OS.C4H8O/c2*1-7-3-5-8(6-4-7)10-9-2;1-2-4-5-3-1/h2*3-6H,1-2H3;1-4H2. The maximum atomic E-state index is 4.94. The van der Waals surface area contributed by atoms with Crippen LogP contribution in [-0.4, -0.2) is 27.4 Å². The Hall–Kier alpha value is -0.980.